The molecule has 6 nitrogen and oxygen atoms in total. The number of nitrogens with one attached hydrogen (secondary N) is 3. The fraction of sp³-hybridized carbons (Fsp3) is 0.364. The number of hydrogen-bond donors (Lipinski definition) is 4. The first-order valence-corrected chi connectivity index (χ1v) is 7.56. The molecule has 0 atom stereocenters. The van der Waals surface area contributed by atoms with Crippen molar-refractivity contribution in [1.82, 2.24) is 21.2 Å². The molecule has 21 heavy (non-hydrogen) atoms. The number of hydrazine groups is 1. The third kappa shape index (κ3) is 5.03. The molecule has 0 aromatic carbocycles. The molecule has 0 bridgehead atoms. The average molecular weight is 371 g/mol. The summed E-state index contributed by atoms with van der Waals surface area (Å²) in [4.78, 5) is 15.7. The Morgan fingerprint density at radius 2 is 1.95 bits per heavy atom. The predicted octanol–water partition coefficient (Wildman–Crippen LogP) is 2.53. The third-order valence-corrected chi connectivity index (χ3v) is 3.77. The fourth-order valence-corrected chi connectivity index (χ4v) is 2.02. The number of hydrogen-bond acceptors (Lipinski definition) is 4. The van der Waals surface area contributed by atoms with Gasteiger partial charge in [-0.15, -0.1) is 0 Å². The van der Waals surface area contributed by atoms with E-state index in [2.05, 4.69) is 28.1 Å². The van der Waals surface area contributed by atoms with E-state index in [4.69, 9.17) is 52.8 Å². The largest absolute Gasteiger partial charge is 0.396 e. The smallest absolute Gasteiger partial charge is 0.289 e. The molecule has 1 heterocycles. The number of thiocarbonyl (C=S) groups is 1. The first kappa shape index (κ1) is 18.0. The molecule has 0 aliphatic rings. The van der Waals surface area contributed by atoms with Gasteiger partial charge in [0.05, 0.1) is 10.7 Å². The highest BCUT2D eigenvalue weighted by Gasteiger charge is 2.19. The number of carbonyl (C=O) groups is 1. The maximum atomic E-state index is 12.0. The number of pyridine rings is 1. The number of anilines is 1. The Morgan fingerprint density at radius 1 is 1.29 bits per heavy atom. The van der Waals surface area contributed by atoms with E-state index in [0.717, 1.165) is 12.8 Å². The molecule has 0 unspecified atom stereocenters. The standard InChI is InChI=1S/C11H14Cl3N5OS/c1-2-3-4-16-11(21)19-18-10(20)8-5(12)7(15)6(13)9(14)17-8/h2-4H2,1H3,(H2,15,17)(H,18,20)(H2,16,19,21). The van der Waals surface area contributed by atoms with Gasteiger partial charge in [0.25, 0.3) is 5.91 Å². The summed E-state index contributed by atoms with van der Waals surface area (Å²) in [5, 5.41) is 3.02. The molecule has 10 heteroatoms. The van der Waals surface area contributed by atoms with Gasteiger partial charge in [0.15, 0.2) is 16.0 Å². The summed E-state index contributed by atoms with van der Waals surface area (Å²) in [5.74, 6) is -0.634. The van der Waals surface area contributed by atoms with Crippen LogP contribution in [0.1, 0.15) is 30.3 Å². The second-order valence-electron chi connectivity index (χ2n) is 3.98. The van der Waals surface area contributed by atoms with Crippen LogP contribution in [0.4, 0.5) is 5.69 Å². The van der Waals surface area contributed by atoms with Gasteiger partial charge in [-0.2, -0.15) is 0 Å². The molecular formula is C11H14Cl3N5OS. The van der Waals surface area contributed by atoms with Crippen LogP contribution in [0.5, 0.6) is 0 Å². The number of unbranched alkanes of at least 4 members (excludes halogenated alkanes) is 1. The first-order valence-electron chi connectivity index (χ1n) is 6.02. The van der Waals surface area contributed by atoms with Crippen molar-refractivity contribution in [3.8, 4) is 0 Å². The normalized spacial score (nSPS) is 10.1. The molecule has 1 aromatic rings. The van der Waals surface area contributed by atoms with Crippen LogP contribution in [-0.2, 0) is 0 Å². The maximum Gasteiger partial charge on any atom is 0.289 e. The lowest BCUT2D eigenvalue weighted by atomic mass is 10.3. The van der Waals surface area contributed by atoms with E-state index >= 15 is 0 Å². The van der Waals surface area contributed by atoms with Crippen LogP contribution in [0.25, 0.3) is 0 Å². The quantitative estimate of drug-likeness (QED) is 0.282. The second kappa shape index (κ2) is 8.43. The molecule has 0 radical (unpaired) electrons. The molecule has 0 aliphatic carbocycles. The van der Waals surface area contributed by atoms with Crippen LogP contribution in [-0.4, -0.2) is 22.5 Å². The van der Waals surface area contributed by atoms with Crippen molar-refractivity contribution in [2.75, 3.05) is 12.3 Å². The van der Waals surface area contributed by atoms with Gasteiger partial charge in [0, 0.05) is 6.54 Å². The zero-order valence-corrected chi connectivity index (χ0v) is 14.2. The van der Waals surface area contributed by atoms with Gasteiger partial charge in [0.1, 0.15) is 5.02 Å². The van der Waals surface area contributed by atoms with Crippen molar-refractivity contribution in [2.45, 2.75) is 19.8 Å². The van der Waals surface area contributed by atoms with Crippen molar-refractivity contribution in [3.63, 3.8) is 0 Å². The Labute approximate surface area is 142 Å². The minimum Gasteiger partial charge on any atom is -0.396 e. The van der Waals surface area contributed by atoms with Gasteiger partial charge < -0.3 is 11.1 Å². The van der Waals surface area contributed by atoms with Crippen molar-refractivity contribution >= 4 is 63.7 Å². The van der Waals surface area contributed by atoms with Crippen LogP contribution in [0.15, 0.2) is 0 Å². The number of carbonyl (C=O) groups excluding carboxylic acids is 1. The van der Waals surface area contributed by atoms with E-state index in [9.17, 15) is 4.79 Å². The Bertz CT molecular complexity index is 555. The van der Waals surface area contributed by atoms with Crippen LogP contribution in [0.3, 0.4) is 0 Å². The monoisotopic (exact) mass is 369 g/mol. The molecule has 0 fully saturated rings. The maximum absolute atomic E-state index is 12.0. The molecular weight excluding hydrogens is 357 g/mol. The average Bonchev–Trinajstić information content (AvgIpc) is 2.46. The second-order valence-corrected chi connectivity index (χ2v) is 5.50. The summed E-state index contributed by atoms with van der Waals surface area (Å²) in [5.41, 5.74) is 10.3. The highest BCUT2D eigenvalue weighted by atomic mass is 35.5. The SMILES string of the molecule is CCCCNC(=S)NNC(=O)c1nc(Cl)c(Cl)c(N)c1Cl. The molecule has 0 spiro atoms. The molecule has 116 valence electrons. The van der Waals surface area contributed by atoms with Gasteiger partial charge in [-0.3, -0.25) is 15.6 Å². The summed E-state index contributed by atoms with van der Waals surface area (Å²) >= 11 is 22.4. The summed E-state index contributed by atoms with van der Waals surface area (Å²) in [6.45, 7) is 2.76. The highest BCUT2D eigenvalue weighted by Crippen LogP contribution is 2.34. The molecule has 1 amide bonds. The lowest BCUT2D eigenvalue weighted by Gasteiger charge is -2.12. The Kier molecular flexibility index (Phi) is 7.24. The van der Waals surface area contributed by atoms with Gasteiger partial charge >= 0.3 is 0 Å². The van der Waals surface area contributed by atoms with Gasteiger partial charge in [0.2, 0.25) is 0 Å². The Hall–Kier alpha value is -1.02. The summed E-state index contributed by atoms with van der Waals surface area (Å²) < 4.78 is 0. The Morgan fingerprint density at radius 3 is 2.57 bits per heavy atom. The van der Waals surface area contributed by atoms with E-state index in [0.29, 0.717) is 6.54 Å². The molecule has 5 N–H and O–H groups in total. The number of halogens is 3. The minimum absolute atomic E-state index is 0.00271. The van der Waals surface area contributed by atoms with Crippen molar-refractivity contribution in [1.29, 1.82) is 0 Å². The molecule has 1 rings (SSSR count). The van der Waals surface area contributed by atoms with E-state index in [1.54, 1.807) is 0 Å². The van der Waals surface area contributed by atoms with Gasteiger partial charge in [-0.05, 0) is 18.6 Å². The minimum atomic E-state index is -0.634. The van der Waals surface area contributed by atoms with E-state index in [-0.39, 0.29) is 31.7 Å². The lowest BCUT2D eigenvalue weighted by Crippen LogP contribution is -2.47. The molecule has 0 saturated carbocycles. The topological polar surface area (TPSA) is 92.1 Å². The third-order valence-electron chi connectivity index (χ3n) is 2.39. The fourth-order valence-electron chi connectivity index (χ4n) is 1.28. The number of nitrogens with two attached hydrogens (primary N) is 1. The van der Waals surface area contributed by atoms with Crippen molar-refractivity contribution < 1.29 is 4.79 Å². The van der Waals surface area contributed by atoms with Crippen molar-refractivity contribution in [3.05, 3.63) is 20.9 Å². The van der Waals surface area contributed by atoms with Crippen LogP contribution in [0, 0.1) is 0 Å². The van der Waals surface area contributed by atoms with Crippen molar-refractivity contribution in [2.24, 2.45) is 0 Å². The first-order chi connectivity index (χ1) is 9.88. The van der Waals surface area contributed by atoms with E-state index in [1.165, 1.54) is 0 Å². The van der Waals surface area contributed by atoms with Gasteiger partial charge in [-0.1, -0.05) is 48.1 Å². The zero-order chi connectivity index (χ0) is 16.0. The van der Waals surface area contributed by atoms with Crippen LogP contribution >= 0.6 is 47.0 Å². The van der Waals surface area contributed by atoms with Gasteiger partial charge in [-0.25, -0.2) is 4.98 Å². The summed E-state index contributed by atoms with van der Waals surface area (Å²) in [6, 6.07) is 0. The lowest BCUT2D eigenvalue weighted by molar-refractivity contribution is 0.0939. The number of aromatic nitrogens is 1. The number of nitrogens with zero attached hydrogens (tertiary/aromatic N) is 1. The van der Waals surface area contributed by atoms with E-state index < -0.39 is 5.91 Å². The molecule has 0 saturated heterocycles. The molecule has 1 aromatic heterocycles. The summed E-state index contributed by atoms with van der Waals surface area (Å²) in [6.07, 6.45) is 2.00. The van der Waals surface area contributed by atoms with Crippen LogP contribution in [0.2, 0.25) is 15.2 Å². The number of rotatable bonds is 4. The van der Waals surface area contributed by atoms with Crippen LogP contribution < -0.4 is 21.9 Å². The highest BCUT2D eigenvalue weighted by molar-refractivity contribution is 7.80. The molecule has 0 aliphatic heterocycles. The summed E-state index contributed by atoms with van der Waals surface area (Å²) in [7, 11) is 0. The number of nitrogen functional groups attached to an aromatic ring is 1. The number of amides is 1. The Balaban J connectivity index is 2.67. The zero-order valence-electron chi connectivity index (χ0n) is 11.1. The van der Waals surface area contributed by atoms with E-state index in [1.807, 2.05) is 0 Å². The predicted molar refractivity (Wildman–Crippen MR) is 89.8 cm³/mol.